The summed E-state index contributed by atoms with van der Waals surface area (Å²) in [4.78, 5) is 14.7. The first-order valence-corrected chi connectivity index (χ1v) is 7.82. The number of nitrogens with zero attached hydrogens (tertiary/aromatic N) is 1. The molecule has 114 valence electrons. The number of para-hydroxylation sites is 1. The molecule has 0 bridgehead atoms. The van der Waals surface area contributed by atoms with E-state index in [4.69, 9.17) is 0 Å². The molecule has 0 fully saturated rings. The molecular formula is C20H23NO. The van der Waals surface area contributed by atoms with Crippen LogP contribution in [-0.2, 0) is 4.79 Å². The van der Waals surface area contributed by atoms with Gasteiger partial charge in [-0.3, -0.25) is 4.79 Å². The fraction of sp³-hybridized carbons (Fsp3) is 0.250. The summed E-state index contributed by atoms with van der Waals surface area (Å²) in [6, 6.07) is 19.9. The number of hydrogen-bond donors (Lipinski definition) is 0. The number of hydrogen-bond acceptors (Lipinski definition) is 1. The minimum Gasteiger partial charge on any atom is -0.309 e. The Hall–Kier alpha value is -2.35. The maximum Gasteiger partial charge on any atom is 0.253 e. The first kappa shape index (κ1) is 16.0. The van der Waals surface area contributed by atoms with E-state index in [1.54, 1.807) is 0 Å². The summed E-state index contributed by atoms with van der Waals surface area (Å²) in [6.45, 7) is 4.77. The van der Waals surface area contributed by atoms with E-state index in [1.165, 1.54) is 0 Å². The van der Waals surface area contributed by atoms with E-state index in [0.29, 0.717) is 0 Å². The molecule has 0 unspecified atom stereocenters. The molecule has 2 nitrogen and oxygen atoms in total. The normalized spacial score (nSPS) is 11.3. The van der Waals surface area contributed by atoms with Crippen molar-refractivity contribution in [2.45, 2.75) is 26.7 Å². The largest absolute Gasteiger partial charge is 0.309 e. The highest BCUT2D eigenvalue weighted by Gasteiger charge is 2.16. The number of rotatable bonds is 6. The van der Waals surface area contributed by atoms with E-state index in [2.05, 4.69) is 6.92 Å². The molecule has 0 heterocycles. The molecule has 2 rings (SSSR count). The first-order valence-electron chi connectivity index (χ1n) is 7.82. The zero-order valence-corrected chi connectivity index (χ0v) is 13.3. The van der Waals surface area contributed by atoms with Crippen molar-refractivity contribution in [3.05, 3.63) is 71.8 Å². The van der Waals surface area contributed by atoms with E-state index in [0.717, 1.165) is 36.2 Å². The van der Waals surface area contributed by atoms with Crippen LogP contribution in [0.3, 0.4) is 0 Å². The molecule has 0 N–H and O–H groups in total. The van der Waals surface area contributed by atoms with Gasteiger partial charge in [0.05, 0.1) is 0 Å². The molecule has 1 amide bonds. The van der Waals surface area contributed by atoms with Crippen LogP contribution in [0.5, 0.6) is 0 Å². The molecule has 0 spiro atoms. The lowest BCUT2D eigenvalue weighted by Crippen LogP contribution is -2.32. The van der Waals surface area contributed by atoms with Crippen molar-refractivity contribution in [3.63, 3.8) is 0 Å². The molecule has 0 saturated carbocycles. The average molecular weight is 293 g/mol. The van der Waals surface area contributed by atoms with Gasteiger partial charge in [0.2, 0.25) is 0 Å². The first-order chi connectivity index (χ1) is 10.7. The van der Waals surface area contributed by atoms with Crippen LogP contribution in [0.4, 0.5) is 5.69 Å². The molecule has 0 atom stereocenters. The van der Waals surface area contributed by atoms with E-state index < -0.39 is 0 Å². The number of benzene rings is 2. The van der Waals surface area contributed by atoms with Crippen molar-refractivity contribution in [3.8, 4) is 0 Å². The molecule has 0 aliphatic carbocycles. The number of carbonyl (C=O) groups excluding carboxylic acids is 1. The van der Waals surface area contributed by atoms with Gasteiger partial charge in [-0.2, -0.15) is 0 Å². The van der Waals surface area contributed by atoms with Crippen molar-refractivity contribution in [2.24, 2.45) is 0 Å². The summed E-state index contributed by atoms with van der Waals surface area (Å²) in [6.07, 6.45) is 4.02. The second-order valence-corrected chi connectivity index (χ2v) is 5.38. The zero-order valence-electron chi connectivity index (χ0n) is 13.3. The Balaban J connectivity index is 2.23. The second-order valence-electron chi connectivity index (χ2n) is 5.38. The maximum absolute atomic E-state index is 12.8. The third-order valence-electron chi connectivity index (χ3n) is 3.57. The van der Waals surface area contributed by atoms with Crippen molar-refractivity contribution in [1.82, 2.24) is 0 Å². The Bertz CT molecular complexity index is 617. The van der Waals surface area contributed by atoms with Gasteiger partial charge in [-0.25, -0.2) is 0 Å². The molecule has 22 heavy (non-hydrogen) atoms. The van der Waals surface area contributed by atoms with Crippen LogP contribution in [0.2, 0.25) is 0 Å². The van der Waals surface area contributed by atoms with Gasteiger partial charge in [0.15, 0.2) is 0 Å². The van der Waals surface area contributed by atoms with E-state index in [-0.39, 0.29) is 5.91 Å². The lowest BCUT2D eigenvalue weighted by Gasteiger charge is -2.23. The van der Waals surface area contributed by atoms with Gasteiger partial charge < -0.3 is 4.90 Å². The van der Waals surface area contributed by atoms with Gasteiger partial charge in [0.1, 0.15) is 0 Å². The standard InChI is InChI=1S/C20H23NO/c1-3-4-15-21(19-13-9-6-10-14-19)20(22)17(2)16-18-11-7-5-8-12-18/h5-14,16H,3-4,15H2,1-2H3. The van der Waals surface area contributed by atoms with Gasteiger partial charge in [-0.05, 0) is 37.1 Å². The number of carbonyl (C=O) groups is 1. The van der Waals surface area contributed by atoms with Crippen LogP contribution in [-0.4, -0.2) is 12.5 Å². The fourth-order valence-corrected chi connectivity index (χ4v) is 2.35. The van der Waals surface area contributed by atoms with Gasteiger partial charge in [0, 0.05) is 17.8 Å². The van der Waals surface area contributed by atoms with Crippen molar-refractivity contribution < 1.29 is 4.79 Å². The molecule has 2 aromatic carbocycles. The molecule has 0 aromatic heterocycles. The molecule has 0 saturated heterocycles. The fourth-order valence-electron chi connectivity index (χ4n) is 2.35. The van der Waals surface area contributed by atoms with Crippen LogP contribution in [0, 0.1) is 0 Å². The Labute approximate surface area is 133 Å². The summed E-state index contributed by atoms with van der Waals surface area (Å²) >= 11 is 0. The predicted octanol–water partition coefficient (Wildman–Crippen LogP) is 4.92. The predicted molar refractivity (Wildman–Crippen MR) is 93.8 cm³/mol. The maximum atomic E-state index is 12.8. The molecule has 2 heteroatoms. The van der Waals surface area contributed by atoms with Gasteiger partial charge in [-0.15, -0.1) is 0 Å². The number of amides is 1. The highest BCUT2D eigenvalue weighted by molar-refractivity contribution is 6.07. The van der Waals surface area contributed by atoms with Crippen molar-refractivity contribution in [2.75, 3.05) is 11.4 Å². The average Bonchev–Trinajstić information content (AvgIpc) is 2.57. The third-order valence-corrected chi connectivity index (χ3v) is 3.57. The minimum absolute atomic E-state index is 0.0727. The summed E-state index contributed by atoms with van der Waals surface area (Å²) in [5.41, 5.74) is 2.77. The van der Waals surface area contributed by atoms with Gasteiger partial charge in [0.25, 0.3) is 5.91 Å². The van der Waals surface area contributed by atoms with Crippen LogP contribution >= 0.6 is 0 Å². The smallest absolute Gasteiger partial charge is 0.253 e. The van der Waals surface area contributed by atoms with Crippen LogP contribution in [0.15, 0.2) is 66.2 Å². The van der Waals surface area contributed by atoms with Crippen molar-refractivity contribution in [1.29, 1.82) is 0 Å². The van der Waals surface area contributed by atoms with Crippen molar-refractivity contribution >= 4 is 17.7 Å². The summed E-state index contributed by atoms with van der Waals surface area (Å²) in [5.74, 6) is 0.0727. The molecule has 0 radical (unpaired) electrons. The van der Waals surface area contributed by atoms with Crippen LogP contribution in [0.25, 0.3) is 6.08 Å². The van der Waals surface area contributed by atoms with Crippen LogP contribution in [0.1, 0.15) is 32.3 Å². The molecule has 0 aliphatic rings. The number of anilines is 1. The van der Waals surface area contributed by atoms with E-state index in [1.807, 2.05) is 78.6 Å². The molecular weight excluding hydrogens is 270 g/mol. The van der Waals surface area contributed by atoms with Gasteiger partial charge >= 0.3 is 0 Å². The number of unbranched alkanes of at least 4 members (excludes halogenated alkanes) is 1. The SMILES string of the molecule is CCCCN(C(=O)C(C)=Cc1ccccc1)c1ccccc1. The summed E-state index contributed by atoms with van der Waals surface area (Å²) < 4.78 is 0. The topological polar surface area (TPSA) is 20.3 Å². The highest BCUT2D eigenvalue weighted by atomic mass is 16.2. The quantitative estimate of drug-likeness (QED) is 0.692. The monoisotopic (exact) mass is 293 g/mol. The second kappa shape index (κ2) is 8.18. The summed E-state index contributed by atoms with van der Waals surface area (Å²) in [5, 5.41) is 0. The Morgan fingerprint density at radius 3 is 2.18 bits per heavy atom. The summed E-state index contributed by atoms with van der Waals surface area (Å²) in [7, 11) is 0. The Morgan fingerprint density at radius 1 is 1.00 bits per heavy atom. The molecule has 0 aliphatic heterocycles. The van der Waals surface area contributed by atoms with Crippen LogP contribution < -0.4 is 4.90 Å². The highest BCUT2D eigenvalue weighted by Crippen LogP contribution is 2.18. The van der Waals surface area contributed by atoms with E-state index >= 15 is 0 Å². The van der Waals surface area contributed by atoms with Gasteiger partial charge in [-0.1, -0.05) is 61.9 Å². The minimum atomic E-state index is 0.0727. The molecule has 2 aromatic rings. The van der Waals surface area contributed by atoms with E-state index in [9.17, 15) is 4.79 Å². The third kappa shape index (κ3) is 4.32. The lowest BCUT2D eigenvalue weighted by atomic mass is 10.1. The Kier molecular flexibility index (Phi) is 5.96. The lowest BCUT2D eigenvalue weighted by molar-refractivity contribution is -0.115. The zero-order chi connectivity index (χ0) is 15.8. The Morgan fingerprint density at radius 2 is 1.59 bits per heavy atom.